The van der Waals surface area contributed by atoms with E-state index in [0.717, 1.165) is 16.3 Å². The maximum Gasteiger partial charge on any atom is 0.400 e. The molecule has 0 saturated heterocycles. The Morgan fingerprint density at radius 3 is 2.47 bits per heavy atom. The summed E-state index contributed by atoms with van der Waals surface area (Å²) >= 11 is 4.12. The van der Waals surface area contributed by atoms with Gasteiger partial charge in [-0.05, 0) is 22.4 Å². The van der Waals surface area contributed by atoms with Gasteiger partial charge in [-0.3, -0.25) is 4.79 Å². The van der Waals surface area contributed by atoms with Gasteiger partial charge in [0.2, 0.25) is 0 Å². The van der Waals surface area contributed by atoms with E-state index in [4.69, 9.17) is 4.74 Å². The number of esters is 1. The highest BCUT2D eigenvalue weighted by Crippen LogP contribution is 2.16. The Kier molecular flexibility index (Phi) is 5.72. The Balaban J connectivity index is 0.00000180. The molecule has 0 unspecified atom stereocenters. The molecule has 0 spiro atoms. The van der Waals surface area contributed by atoms with Crippen LogP contribution in [0.2, 0.25) is 0 Å². The zero-order valence-electron chi connectivity index (χ0n) is 9.74. The van der Waals surface area contributed by atoms with Gasteiger partial charge in [0.15, 0.2) is 0 Å². The van der Waals surface area contributed by atoms with Crippen LogP contribution in [0, 0.1) is 0 Å². The van der Waals surface area contributed by atoms with E-state index < -0.39 is 11.9 Å². The molecular weight excluding hydrogens is 330 g/mol. The summed E-state index contributed by atoms with van der Waals surface area (Å²) in [6.07, 6.45) is 0. The second-order valence-corrected chi connectivity index (χ2v) is 3.84. The van der Waals surface area contributed by atoms with Gasteiger partial charge < -0.3 is 4.74 Å². The zero-order chi connectivity index (χ0) is 13.0. The molecule has 0 aliphatic rings. The van der Waals surface area contributed by atoms with Crippen molar-refractivity contribution in [1.29, 1.82) is 0 Å². The van der Waals surface area contributed by atoms with Crippen molar-refractivity contribution in [3.8, 4) is 0 Å². The summed E-state index contributed by atoms with van der Waals surface area (Å²) in [7, 11) is 0. The maximum absolute atomic E-state index is 11.1. The standard InChI is InChI=1S/C13H9NO3S.BrH/c15-12(14-18)13(16)17-8-9-5-6-10-3-1-2-4-11(10)7-9;/h1-7H,8H2;1H. The Morgan fingerprint density at radius 2 is 1.79 bits per heavy atom. The summed E-state index contributed by atoms with van der Waals surface area (Å²) in [6, 6.07) is 13.5. The van der Waals surface area contributed by atoms with Crippen LogP contribution in [-0.2, 0) is 33.4 Å². The third-order valence-corrected chi connectivity index (χ3v) is 2.61. The number of nitrogens with zero attached hydrogens (tertiary/aromatic N) is 1. The van der Waals surface area contributed by atoms with Crippen molar-refractivity contribution in [3.05, 3.63) is 48.0 Å². The Hall–Kier alpha value is -1.66. The summed E-state index contributed by atoms with van der Waals surface area (Å²) < 4.78 is 7.60. The lowest BCUT2D eigenvalue weighted by Gasteiger charge is -2.04. The van der Waals surface area contributed by atoms with Crippen LogP contribution < -0.4 is 0 Å². The number of fused-ring (bicyclic) bond motifs is 1. The molecule has 98 valence electrons. The second-order valence-electron chi connectivity index (χ2n) is 3.65. The SMILES string of the molecule is Br.O=C(N=S)C(=O)OCc1ccc2ccccc2c1. The maximum atomic E-state index is 11.1. The minimum atomic E-state index is -1.05. The highest BCUT2D eigenvalue weighted by molar-refractivity contribution is 8.93. The van der Waals surface area contributed by atoms with E-state index in [2.05, 4.69) is 16.8 Å². The van der Waals surface area contributed by atoms with Crippen molar-refractivity contribution in [1.82, 2.24) is 0 Å². The van der Waals surface area contributed by atoms with Gasteiger partial charge in [-0.15, -0.1) is 21.3 Å². The van der Waals surface area contributed by atoms with Gasteiger partial charge in [0.1, 0.15) is 6.61 Å². The number of carbonyl (C=O) groups excluding carboxylic acids is 2. The van der Waals surface area contributed by atoms with Crippen LogP contribution >= 0.6 is 17.0 Å². The average Bonchev–Trinajstić information content (AvgIpc) is 2.43. The summed E-state index contributed by atoms with van der Waals surface area (Å²) in [4.78, 5) is 21.9. The molecule has 0 atom stereocenters. The highest BCUT2D eigenvalue weighted by Gasteiger charge is 2.13. The number of halogens is 1. The lowest BCUT2D eigenvalue weighted by Crippen LogP contribution is -2.14. The van der Waals surface area contributed by atoms with E-state index in [1.807, 2.05) is 42.5 Å². The number of carbonyl (C=O) groups is 2. The van der Waals surface area contributed by atoms with Gasteiger partial charge in [0.05, 0.1) is 0 Å². The van der Waals surface area contributed by atoms with Crippen LogP contribution in [0.25, 0.3) is 10.8 Å². The largest absolute Gasteiger partial charge is 0.454 e. The van der Waals surface area contributed by atoms with E-state index in [1.54, 1.807) is 0 Å². The first-order chi connectivity index (χ1) is 8.70. The van der Waals surface area contributed by atoms with E-state index in [9.17, 15) is 9.59 Å². The summed E-state index contributed by atoms with van der Waals surface area (Å²) in [5.41, 5.74) is 0.805. The van der Waals surface area contributed by atoms with Crippen molar-refractivity contribution in [3.63, 3.8) is 0 Å². The summed E-state index contributed by atoms with van der Waals surface area (Å²) in [5, 5.41) is 2.15. The minimum absolute atomic E-state index is 0. The molecule has 0 aliphatic heterocycles. The molecular formula is C13H10BrNO3S. The number of amides is 1. The molecule has 0 fully saturated rings. The fraction of sp³-hybridized carbons (Fsp3) is 0.0769. The van der Waals surface area contributed by atoms with E-state index in [1.165, 1.54) is 0 Å². The van der Waals surface area contributed by atoms with Gasteiger partial charge in [-0.2, -0.15) is 0 Å². The van der Waals surface area contributed by atoms with Crippen molar-refractivity contribution >= 4 is 52.1 Å². The zero-order valence-corrected chi connectivity index (χ0v) is 12.3. The van der Waals surface area contributed by atoms with Crippen LogP contribution in [0.5, 0.6) is 0 Å². The molecule has 0 aromatic heterocycles. The minimum Gasteiger partial charge on any atom is -0.454 e. The van der Waals surface area contributed by atoms with Crippen molar-refractivity contribution in [2.24, 2.45) is 4.36 Å². The Bertz CT molecular complexity index is 630. The quantitative estimate of drug-likeness (QED) is 0.623. The molecule has 2 aromatic carbocycles. The number of hydrogen-bond donors (Lipinski definition) is 0. The number of ether oxygens (including phenoxy) is 1. The third-order valence-electron chi connectivity index (χ3n) is 2.44. The van der Waals surface area contributed by atoms with Crippen LogP contribution in [0.4, 0.5) is 0 Å². The van der Waals surface area contributed by atoms with Crippen LogP contribution in [0.15, 0.2) is 46.8 Å². The van der Waals surface area contributed by atoms with Gasteiger partial charge in [0.25, 0.3) is 0 Å². The van der Waals surface area contributed by atoms with Crippen LogP contribution in [0.3, 0.4) is 0 Å². The second kappa shape index (κ2) is 7.06. The predicted molar refractivity (Wildman–Crippen MR) is 78.9 cm³/mol. The van der Waals surface area contributed by atoms with Crippen LogP contribution in [-0.4, -0.2) is 11.9 Å². The Labute approximate surface area is 125 Å². The predicted octanol–water partition coefficient (Wildman–Crippen LogP) is 2.72. The lowest BCUT2D eigenvalue weighted by atomic mass is 10.1. The van der Waals surface area contributed by atoms with Crippen molar-refractivity contribution in [2.45, 2.75) is 6.61 Å². The molecule has 0 heterocycles. The fourth-order valence-corrected chi connectivity index (χ4v) is 1.65. The molecule has 1 amide bonds. The van der Waals surface area contributed by atoms with E-state index in [0.29, 0.717) is 0 Å². The van der Waals surface area contributed by atoms with Crippen molar-refractivity contribution in [2.75, 3.05) is 0 Å². The fourth-order valence-electron chi connectivity index (χ4n) is 1.58. The molecule has 19 heavy (non-hydrogen) atoms. The number of hydrogen-bond acceptors (Lipinski definition) is 4. The first kappa shape index (κ1) is 15.4. The van der Waals surface area contributed by atoms with E-state index >= 15 is 0 Å². The smallest absolute Gasteiger partial charge is 0.400 e. The van der Waals surface area contributed by atoms with Gasteiger partial charge >= 0.3 is 11.9 Å². The first-order valence-electron chi connectivity index (χ1n) is 5.23. The molecule has 4 nitrogen and oxygen atoms in total. The first-order valence-corrected chi connectivity index (χ1v) is 5.59. The molecule has 0 aliphatic carbocycles. The number of rotatable bonds is 2. The van der Waals surface area contributed by atoms with Gasteiger partial charge in [-0.25, -0.2) is 4.79 Å². The molecule has 0 radical (unpaired) electrons. The molecule has 2 aromatic rings. The normalized spacial score (nSPS) is 9.47. The third kappa shape index (κ3) is 3.90. The monoisotopic (exact) mass is 339 g/mol. The van der Waals surface area contributed by atoms with Gasteiger partial charge in [0, 0.05) is 12.4 Å². The Morgan fingerprint density at radius 1 is 1.11 bits per heavy atom. The molecule has 0 saturated carbocycles. The van der Waals surface area contributed by atoms with Crippen molar-refractivity contribution < 1.29 is 14.3 Å². The topological polar surface area (TPSA) is 55.7 Å². The molecule has 6 heteroatoms. The van der Waals surface area contributed by atoms with Gasteiger partial charge in [-0.1, -0.05) is 36.4 Å². The summed E-state index contributed by atoms with van der Waals surface area (Å²) in [5.74, 6) is -2.08. The molecule has 0 bridgehead atoms. The molecule has 0 N–H and O–H groups in total. The van der Waals surface area contributed by atoms with E-state index in [-0.39, 0.29) is 23.6 Å². The lowest BCUT2D eigenvalue weighted by molar-refractivity contribution is -0.154. The summed E-state index contributed by atoms with van der Waals surface area (Å²) in [6.45, 7) is 0.0280. The highest BCUT2D eigenvalue weighted by atomic mass is 79.9. The van der Waals surface area contributed by atoms with Crippen LogP contribution in [0.1, 0.15) is 5.56 Å². The number of benzene rings is 2. The average molecular weight is 340 g/mol. The molecule has 2 rings (SSSR count).